The van der Waals surface area contributed by atoms with Crippen LogP contribution in [0.15, 0.2) is 54.2 Å². The number of likely N-dealkylation sites (tertiary alicyclic amines) is 1. The smallest absolute Gasteiger partial charge is 0.133 e. The maximum Gasteiger partial charge on any atom is 0.133 e. The van der Waals surface area contributed by atoms with E-state index in [0.717, 1.165) is 41.9 Å². The summed E-state index contributed by atoms with van der Waals surface area (Å²) >= 11 is 0. The van der Waals surface area contributed by atoms with Gasteiger partial charge in [0.05, 0.1) is 11.6 Å². The average molecular weight is 350 g/mol. The highest BCUT2D eigenvalue weighted by molar-refractivity contribution is 5.78. The molecule has 1 heterocycles. The average Bonchev–Trinajstić information content (AvgIpc) is 3.04. The zero-order chi connectivity index (χ0) is 19.3. The van der Waals surface area contributed by atoms with Crippen molar-refractivity contribution in [3.05, 3.63) is 71.1 Å². The molecule has 0 spiro atoms. The van der Waals surface area contributed by atoms with E-state index in [4.69, 9.17) is 0 Å². The van der Waals surface area contributed by atoms with Gasteiger partial charge in [0.1, 0.15) is 5.82 Å². The Morgan fingerprint density at radius 3 is 2.62 bits per heavy atom. The third-order valence-corrected chi connectivity index (χ3v) is 4.72. The zero-order valence-electron chi connectivity index (χ0n) is 16.1. The topological polar surface area (TPSA) is 27.0 Å². The molecule has 0 radical (unpaired) electrons. The zero-order valence-corrected chi connectivity index (χ0v) is 16.1. The Morgan fingerprint density at radius 1 is 1.38 bits per heavy atom. The Kier molecular flexibility index (Phi) is 6.58. The van der Waals surface area contributed by atoms with Crippen molar-refractivity contribution < 1.29 is 4.39 Å². The summed E-state index contributed by atoms with van der Waals surface area (Å²) in [5.74, 6) is 0.338. The number of hydrogen-bond donors (Lipinski definition) is 0. The molecule has 3 heteroatoms. The lowest BCUT2D eigenvalue weighted by Crippen LogP contribution is -2.18. The van der Waals surface area contributed by atoms with Crippen LogP contribution >= 0.6 is 0 Å². The lowest BCUT2D eigenvalue weighted by Gasteiger charge is -2.21. The van der Waals surface area contributed by atoms with Gasteiger partial charge in [-0.05, 0) is 62.5 Å². The quantitative estimate of drug-likeness (QED) is 0.484. The normalized spacial score (nSPS) is 17.5. The van der Waals surface area contributed by atoms with E-state index in [0.29, 0.717) is 17.1 Å². The van der Waals surface area contributed by atoms with Crippen molar-refractivity contribution >= 4 is 11.3 Å². The molecule has 1 aromatic rings. The van der Waals surface area contributed by atoms with Gasteiger partial charge in [-0.25, -0.2) is 4.39 Å². The lowest BCUT2D eigenvalue weighted by atomic mass is 9.98. The molecule has 1 aliphatic heterocycles. The summed E-state index contributed by atoms with van der Waals surface area (Å²) in [6.45, 7) is 13.9. The van der Waals surface area contributed by atoms with Gasteiger partial charge in [-0.1, -0.05) is 37.3 Å². The Balaban J connectivity index is 2.38. The molecular weight excluding hydrogens is 323 g/mol. The minimum absolute atomic E-state index is 0.279. The minimum Gasteiger partial charge on any atom is -0.371 e. The second kappa shape index (κ2) is 8.67. The Bertz CT molecular complexity index is 817. The lowest BCUT2D eigenvalue weighted by molar-refractivity contribution is 0.468. The fourth-order valence-corrected chi connectivity index (χ4v) is 3.13. The number of benzene rings is 1. The first-order valence-electron chi connectivity index (χ1n) is 9.03. The molecule has 1 aromatic carbocycles. The summed E-state index contributed by atoms with van der Waals surface area (Å²) in [7, 11) is 0. The summed E-state index contributed by atoms with van der Waals surface area (Å²) in [6.07, 6.45) is 6.71. The molecule has 0 bridgehead atoms. The number of rotatable bonds is 5. The van der Waals surface area contributed by atoms with Crippen molar-refractivity contribution in [3.8, 4) is 6.07 Å². The van der Waals surface area contributed by atoms with Crippen molar-refractivity contribution in [2.75, 3.05) is 13.1 Å². The maximum atomic E-state index is 14.8. The molecule has 2 rings (SSSR count). The van der Waals surface area contributed by atoms with Gasteiger partial charge in [0.25, 0.3) is 0 Å². The van der Waals surface area contributed by atoms with E-state index in [2.05, 4.69) is 24.5 Å². The second-order valence-electron chi connectivity index (χ2n) is 7.11. The van der Waals surface area contributed by atoms with E-state index in [1.165, 1.54) is 6.07 Å². The molecule has 1 saturated heterocycles. The molecule has 1 aliphatic rings. The van der Waals surface area contributed by atoms with Gasteiger partial charge in [-0.3, -0.25) is 0 Å². The van der Waals surface area contributed by atoms with Gasteiger partial charge in [0.15, 0.2) is 0 Å². The molecule has 136 valence electrons. The molecule has 2 nitrogen and oxygen atoms in total. The molecule has 0 N–H and O–H groups in total. The highest BCUT2D eigenvalue weighted by Gasteiger charge is 2.22. The first-order valence-corrected chi connectivity index (χ1v) is 9.03. The van der Waals surface area contributed by atoms with E-state index in [9.17, 15) is 9.65 Å². The predicted molar refractivity (Wildman–Crippen MR) is 108 cm³/mol. The highest BCUT2D eigenvalue weighted by Crippen LogP contribution is 2.29. The third-order valence-electron chi connectivity index (χ3n) is 4.72. The van der Waals surface area contributed by atoms with Crippen molar-refractivity contribution in [2.24, 2.45) is 5.92 Å². The van der Waals surface area contributed by atoms with Crippen molar-refractivity contribution in [2.45, 2.75) is 34.1 Å². The van der Waals surface area contributed by atoms with Crippen LogP contribution in [-0.4, -0.2) is 18.0 Å². The summed E-state index contributed by atoms with van der Waals surface area (Å²) < 4.78 is 14.8. The maximum absolute atomic E-state index is 14.8. The van der Waals surface area contributed by atoms with Gasteiger partial charge in [0, 0.05) is 24.4 Å². The second-order valence-corrected chi connectivity index (χ2v) is 7.11. The van der Waals surface area contributed by atoms with Crippen LogP contribution < -0.4 is 0 Å². The van der Waals surface area contributed by atoms with Gasteiger partial charge in [0.2, 0.25) is 0 Å². The SMILES string of the molecule is C=C(c1ccc(C(/C=C\C)=C/C(C#N)=C(C)C)cc1F)N1CCC(C)C1. The monoisotopic (exact) mass is 350 g/mol. The highest BCUT2D eigenvalue weighted by atomic mass is 19.1. The molecule has 1 atom stereocenters. The summed E-state index contributed by atoms with van der Waals surface area (Å²) in [6, 6.07) is 7.43. The van der Waals surface area contributed by atoms with Gasteiger partial charge in [-0.2, -0.15) is 5.26 Å². The number of hydrogen-bond acceptors (Lipinski definition) is 2. The van der Waals surface area contributed by atoms with E-state index in [1.54, 1.807) is 12.1 Å². The van der Waals surface area contributed by atoms with Crippen LogP contribution in [0.1, 0.15) is 45.2 Å². The molecule has 0 aliphatic carbocycles. The Morgan fingerprint density at radius 2 is 2.12 bits per heavy atom. The van der Waals surface area contributed by atoms with Crippen molar-refractivity contribution in [3.63, 3.8) is 0 Å². The van der Waals surface area contributed by atoms with Crippen LogP contribution in [-0.2, 0) is 0 Å². The molecular formula is C23H27FN2. The van der Waals surface area contributed by atoms with Crippen LogP contribution in [0.25, 0.3) is 11.3 Å². The number of nitrogens with zero attached hydrogens (tertiary/aromatic N) is 2. The molecule has 26 heavy (non-hydrogen) atoms. The summed E-state index contributed by atoms with van der Waals surface area (Å²) in [5, 5.41) is 9.31. The van der Waals surface area contributed by atoms with Gasteiger partial charge in [-0.15, -0.1) is 0 Å². The summed E-state index contributed by atoms with van der Waals surface area (Å²) in [5.41, 5.74) is 4.39. The third kappa shape index (κ3) is 4.52. The van der Waals surface area contributed by atoms with Gasteiger partial charge >= 0.3 is 0 Å². The molecule has 0 amide bonds. The van der Waals surface area contributed by atoms with Crippen molar-refractivity contribution in [1.29, 1.82) is 5.26 Å². The molecule has 1 unspecified atom stereocenters. The molecule has 0 aromatic heterocycles. The largest absolute Gasteiger partial charge is 0.371 e. The molecule has 1 fully saturated rings. The van der Waals surface area contributed by atoms with E-state index in [1.807, 2.05) is 39.0 Å². The Labute approximate surface area is 156 Å². The molecule has 0 saturated carbocycles. The van der Waals surface area contributed by atoms with E-state index >= 15 is 0 Å². The van der Waals surface area contributed by atoms with Crippen molar-refractivity contribution in [1.82, 2.24) is 4.90 Å². The number of nitriles is 1. The van der Waals surface area contributed by atoms with Crippen LogP contribution in [0, 0.1) is 23.1 Å². The van der Waals surface area contributed by atoms with Crippen LogP contribution in [0.4, 0.5) is 4.39 Å². The van der Waals surface area contributed by atoms with Crippen LogP contribution in [0.3, 0.4) is 0 Å². The van der Waals surface area contributed by atoms with Crippen LogP contribution in [0.2, 0.25) is 0 Å². The van der Waals surface area contributed by atoms with Crippen LogP contribution in [0.5, 0.6) is 0 Å². The standard InChI is InChI=1S/C23H27FN2/c1-6-7-19(12-21(14-25)16(2)3)20-8-9-22(23(24)13-20)18(5)26-11-10-17(4)15-26/h6-9,12-13,17H,5,10-11,15H2,1-4H3/b7-6-,19-12+. The fraction of sp³-hybridized carbons (Fsp3) is 0.348. The van der Waals surface area contributed by atoms with E-state index in [-0.39, 0.29) is 5.82 Å². The minimum atomic E-state index is -0.279. The van der Waals surface area contributed by atoms with Gasteiger partial charge < -0.3 is 4.90 Å². The number of halogens is 1. The Hall–Kier alpha value is -2.60. The number of allylic oxidation sites excluding steroid dienone is 6. The predicted octanol–water partition coefficient (Wildman–Crippen LogP) is 5.96. The first-order chi connectivity index (χ1) is 12.4. The first kappa shape index (κ1) is 19.7. The van der Waals surface area contributed by atoms with E-state index < -0.39 is 0 Å². The summed E-state index contributed by atoms with van der Waals surface area (Å²) in [4.78, 5) is 2.16. The fourth-order valence-electron chi connectivity index (χ4n) is 3.13.